The number of carbonyl (C=O) groups excluding carboxylic acids is 1. The first-order valence-corrected chi connectivity index (χ1v) is 8.03. The van der Waals surface area contributed by atoms with E-state index < -0.39 is 0 Å². The van der Waals surface area contributed by atoms with Crippen LogP contribution in [0.5, 0.6) is 5.75 Å². The Labute approximate surface area is 145 Å². The lowest BCUT2D eigenvalue weighted by molar-refractivity contribution is -0.120. The Morgan fingerprint density at radius 3 is 2.32 bits per heavy atom. The van der Waals surface area contributed by atoms with E-state index in [1.54, 1.807) is 30.3 Å². The largest absolute Gasteiger partial charge is 0.497 e. The third-order valence-corrected chi connectivity index (χ3v) is 4.35. The zero-order valence-electron chi connectivity index (χ0n) is 14.6. The normalized spacial score (nSPS) is 10.8. The summed E-state index contributed by atoms with van der Waals surface area (Å²) in [6.45, 7) is 0.425. The van der Waals surface area contributed by atoms with E-state index in [2.05, 4.69) is 5.32 Å². The van der Waals surface area contributed by atoms with Gasteiger partial charge < -0.3 is 10.1 Å². The molecular formula is C19H21N3O3. The summed E-state index contributed by atoms with van der Waals surface area (Å²) in [7, 11) is 5.11. The third-order valence-electron chi connectivity index (χ3n) is 4.35. The number of hydrogen-bond donors (Lipinski definition) is 1. The highest BCUT2D eigenvalue weighted by Crippen LogP contribution is 2.14. The molecule has 2 aromatic carbocycles. The van der Waals surface area contributed by atoms with Gasteiger partial charge in [-0.15, -0.1) is 0 Å². The van der Waals surface area contributed by atoms with Gasteiger partial charge in [-0.05, 0) is 35.4 Å². The van der Waals surface area contributed by atoms with Crippen LogP contribution in [0.4, 0.5) is 0 Å². The van der Waals surface area contributed by atoms with Crippen molar-refractivity contribution in [3.63, 3.8) is 0 Å². The first-order chi connectivity index (χ1) is 12.0. The van der Waals surface area contributed by atoms with E-state index in [0.717, 1.165) is 27.9 Å². The number of hydrogen-bond acceptors (Lipinski definition) is 3. The van der Waals surface area contributed by atoms with Gasteiger partial charge in [-0.3, -0.25) is 13.9 Å². The van der Waals surface area contributed by atoms with Crippen molar-refractivity contribution in [2.45, 2.75) is 13.0 Å². The summed E-state index contributed by atoms with van der Waals surface area (Å²) in [5.41, 5.74) is 3.56. The van der Waals surface area contributed by atoms with Gasteiger partial charge in [0.25, 0.3) is 0 Å². The van der Waals surface area contributed by atoms with Crippen molar-refractivity contribution in [1.29, 1.82) is 0 Å². The summed E-state index contributed by atoms with van der Waals surface area (Å²) < 4.78 is 8.33. The van der Waals surface area contributed by atoms with Gasteiger partial charge in [-0.1, -0.05) is 18.2 Å². The number of aromatic nitrogens is 2. The van der Waals surface area contributed by atoms with Crippen molar-refractivity contribution in [2.24, 2.45) is 14.1 Å². The Morgan fingerprint density at radius 1 is 1.00 bits per heavy atom. The van der Waals surface area contributed by atoms with Crippen molar-refractivity contribution < 1.29 is 9.53 Å². The van der Waals surface area contributed by atoms with E-state index in [0.29, 0.717) is 13.0 Å². The number of imidazole rings is 1. The summed E-state index contributed by atoms with van der Waals surface area (Å²) in [5.74, 6) is 0.721. The quantitative estimate of drug-likeness (QED) is 0.770. The maximum Gasteiger partial charge on any atom is 0.328 e. The molecule has 130 valence electrons. The molecule has 0 radical (unpaired) electrons. The topological polar surface area (TPSA) is 65.3 Å². The van der Waals surface area contributed by atoms with E-state index >= 15 is 0 Å². The Morgan fingerprint density at radius 2 is 1.64 bits per heavy atom. The SMILES string of the molecule is COc1ccc(CC(=O)NCc2ccc3c(c2)n(C)c(=O)n3C)cc1. The molecule has 0 atom stereocenters. The fraction of sp³-hybridized carbons (Fsp3) is 0.263. The van der Waals surface area contributed by atoms with Crippen LogP contribution in [0.1, 0.15) is 11.1 Å². The minimum absolute atomic E-state index is 0.0489. The second-order valence-electron chi connectivity index (χ2n) is 6.03. The standard InChI is InChI=1S/C19H21N3O3/c1-21-16-9-6-14(10-17(16)22(2)19(21)24)12-20-18(23)11-13-4-7-15(25-3)8-5-13/h4-10H,11-12H2,1-3H3,(H,20,23). The average molecular weight is 339 g/mol. The number of carbonyl (C=O) groups is 1. The van der Waals surface area contributed by atoms with Gasteiger partial charge in [0.2, 0.25) is 5.91 Å². The third kappa shape index (κ3) is 3.42. The smallest absolute Gasteiger partial charge is 0.328 e. The predicted molar refractivity (Wildman–Crippen MR) is 96.7 cm³/mol. The van der Waals surface area contributed by atoms with Crippen molar-refractivity contribution in [3.8, 4) is 5.75 Å². The summed E-state index contributed by atoms with van der Waals surface area (Å²) in [6.07, 6.45) is 0.316. The number of nitrogens with one attached hydrogen (secondary N) is 1. The van der Waals surface area contributed by atoms with Crippen LogP contribution in [0.15, 0.2) is 47.3 Å². The molecule has 3 aromatic rings. The molecule has 0 spiro atoms. The second-order valence-corrected chi connectivity index (χ2v) is 6.03. The Kier molecular flexibility index (Phi) is 4.61. The minimum atomic E-state index is -0.0595. The Bertz CT molecular complexity index is 968. The van der Waals surface area contributed by atoms with Crippen LogP contribution >= 0.6 is 0 Å². The number of rotatable bonds is 5. The number of amides is 1. The molecule has 0 aliphatic heterocycles. The van der Waals surface area contributed by atoms with Gasteiger partial charge in [-0.25, -0.2) is 4.79 Å². The molecule has 0 saturated heterocycles. The maximum atomic E-state index is 12.1. The van der Waals surface area contributed by atoms with Gasteiger partial charge >= 0.3 is 5.69 Å². The van der Waals surface area contributed by atoms with E-state index in [4.69, 9.17) is 4.74 Å². The Hall–Kier alpha value is -3.02. The molecule has 25 heavy (non-hydrogen) atoms. The van der Waals surface area contributed by atoms with Gasteiger partial charge in [0, 0.05) is 20.6 Å². The lowest BCUT2D eigenvalue weighted by Gasteiger charge is -2.07. The fourth-order valence-corrected chi connectivity index (χ4v) is 2.85. The van der Waals surface area contributed by atoms with Crippen LogP contribution in [0, 0.1) is 0 Å². The number of nitrogens with zero attached hydrogens (tertiary/aromatic N) is 2. The first kappa shape index (κ1) is 16.8. The number of aryl methyl sites for hydroxylation is 2. The van der Waals surface area contributed by atoms with E-state index in [9.17, 15) is 9.59 Å². The summed E-state index contributed by atoms with van der Waals surface area (Å²) in [4.78, 5) is 24.1. The molecule has 6 heteroatoms. The second kappa shape index (κ2) is 6.84. The highest BCUT2D eigenvalue weighted by atomic mass is 16.5. The maximum absolute atomic E-state index is 12.1. The van der Waals surface area contributed by atoms with E-state index in [1.165, 1.54) is 0 Å². The fourth-order valence-electron chi connectivity index (χ4n) is 2.85. The average Bonchev–Trinajstić information content (AvgIpc) is 2.85. The summed E-state index contributed by atoms with van der Waals surface area (Å²) >= 11 is 0. The first-order valence-electron chi connectivity index (χ1n) is 8.03. The number of methoxy groups -OCH3 is 1. The highest BCUT2D eigenvalue weighted by molar-refractivity contribution is 5.79. The number of fused-ring (bicyclic) bond motifs is 1. The lowest BCUT2D eigenvalue weighted by atomic mass is 10.1. The summed E-state index contributed by atoms with van der Waals surface area (Å²) in [5, 5.41) is 2.92. The van der Waals surface area contributed by atoms with Crippen LogP contribution in [0.2, 0.25) is 0 Å². The molecule has 0 aliphatic carbocycles. The molecule has 1 aromatic heterocycles. The molecule has 0 aliphatic rings. The molecule has 0 saturated carbocycles. The van der Waals surface area contributed by atoms with Gasteiger partial charge in [0.15, 0.2) is 0 Å². The van der Waals surface area contributed by atoms with Crippen molar-refractivity contribution >= 4 is 16.9 Å². The monoisotopic (exact) mass is 339 g/mol. The van der Waals surface area contributed by atoms with Gasteiger partial charge in [-0.2, -0.15) is 0 Å². The van der Waals surface area contributed by atoms with Crippen LogP contribution in [-0.4, -0.2) is 22.2 Å². The van der Waals surface area contributed by atoms with Crippen molar-refractivity contribution in [2.75, 3.05) is 7.11 Å². The summed E-state index contributed by atoms with van der Waals surface area (Å²) in [6, 6.07) is 13.2. The molecule has 3 rings (SSSR count). The number of benzene rings is 2. The molecule has 1 N–H and O–H groups in total. The molecular weight excluding hydrogens is 318 g/mol. The van der Waals surface area contributed by atoms with Gasteiger partial charge in [0.05, 0.1) is 24.6 Å². The predicted octanol–water partition coefficient (Wildman–Crippen LogP) is 1.74. The molecule has 1 heterocycles. The van der Waals surface area contributed by atoms with Crippen molar-refractivity contribution in [1.82, 2.24) is 14.5 Å². The Balaban J connectivity index is 1.66. The number of ether oxygens (including phenoxy) is 1. The zero-order valence-corrected chi connectivity index (χ0v) is 14.6. The molecule has 0 fully saturated rings. The van der Waals surface area contributed by atoms with Gasteiger partial charge in [0.1, 0.15) is 5.75 Å². The lowest BCUT2D eigenvalue weighted by Crippen LogP contribution is -2.24. The van der Waals surface area contributed by atoms with E-state index in [-0.39, 0.29) is 11.6 Å². The molecule has 6 nitrogen and oxygen atoms in total. The molecule has 1 amide bonds. The highest BCUT2D eigenvalue weighted by Gasteiger charge is 2.09. The molecule has 0 bridgehead atoms. The van der Waals surface area contributed by atoms with Crippen LogP contribution in [0.3, 0.4) is 0 Å². The minimum Gasteiger partial charge on any atom is -0.497 e. The van der Waals surface area contributed by atoms with Crippen LogP contribution in [-0.2, 0) is 31.9 Å². The zero-order chi connectivity index (χ0) is 18.0. The molecule has 0 unspecified atom stereocenters. The van der Waals surface area contributed by atoms with E-state index in [1.807, 2.05) is 42.5 Å². The van der Waals surface area contributed by atoms with Crippen LogP contribution < -0.4 is 15.7 Å². The van der Waals surface area contributed by atoms with Crippen LogP contribution in [0.25, 0.3) is 11.0 Å². The van der Waals surface area contributed by atoms with Crippen molar-refractivity contribution in [3.05, 3.63) is 64.1 Å².